The average molecular weight is 362 g/mol. The summed E-state index contributed by atoms with van der Waals surface area (Å²) < 4.78 is 0.994. The molecule has 0 spiro atoms. The second-order valence-corrected chi connectivity index (χ2v) is 6.67. The summed E-state index contributed by atoms with van der Waals surface area (Å²) in [5.41, 5.74) is 5.28. The normalized spacial score (nSPS) is 25.4. The Balaban J connectivity index is 0.00000144. The second-order valence-electron chi connectivity index (χ2n) is 6.67. The van der Waals surface area contributed by atoms with E-state index >= 15 is 0 Å². The van der Waals surface area contributed by atoms with Crippen LogP contribution < -0.4 is 17.0 Å². The van der Waals surface area contributed by atoms with Gasteiger partial charge in [-0.2, -0.15) is 0 Å². The van der Waals surface area contributed by atoms with Crippen LogP contribution in [0.1, 0.15) is 28.3 Å². The molecule has 2 unspecified atom stereocenters. The van der Waals surface area contributed by atoms with Gasteiger partial charge in [0, 0.05) is 24.0 Å². The van der Waals surface area contributed by atoms with Crippen LogP contribution in [0.25, 0.3) is 0 Å². The first-order chi connectivity index (χ1) is 10.0. The maximum absolute atomic E-state index is 9.72. The summed E-state index contributed by atoms with van der Waals surface area (Å²) in [6.45, 7) is 2.05. The first kappa shape index (κ1) is 15.4. The van der Waals surface area contributed by atoms with Crippen LogP contribution in [0.2, 0.25) is 0 Å². The van der Waals surface area contributed by atoms with Crippen LogP contribution in [0, 0.1) is 0 Å². The van der Waals surface area contributed by atoms with Crippen molar-refractivity contribution in [1.29, 1.82) is 0 Å². The lowest BCUT2D eigenvalue weighted by Gasteiger charge is -2.48. The largest absolute Gasteiger partial charge is 1.00 e. The van der Waals surface area contributed by atoms with Gasteiger partial charge in [-0.25, -0.2) is 0 Å². The van der Waals surface area contributed by atoms with E-state index in [9.17, 15) is 10.2 Å². The third-order valence-electron chi connectivity index (χ3n) is 5.26. The molecule has 2 aliphatic rings. The van der Waals surface area contributed by atoms with Gasteiger partial charge in [0.15, 0.2) is 0 Å². The summed E-state index contributed by atoms with van der Waals surface area (Å²) >= 11 is 0. The van der Waals surface area contributed by atoms with E-state index in [0.29, 0.717) is 17.5 Å². The lowest BCUT2D eigenvalue weighted by Crippen LogP contribution is -3.00. The van der Waals surface area contributed by atoms with Crippen LogP contribution in [-0.4, -0.2) is 28.3 Å². The molecule has 2 aromatic rings. The van der Waals surface area contributed by atoms with Gasteiger partial charge in [0.05, 0.1) is 13.6 Å². The van der Waals surface area contributed by atoms with Gasteiger partial charge in [-0.1, -0.05) is 6.07 Å². The van der Waals surface area contributed by atoms with Crippen LogP contribution >= 0.6 is 0 Å². The molecule has 0 saturated carbocycles. The number of benzene rings is 2. The Morgan fingerprint density at radius 1 is 0.955 bits per heavy atom. The number of quaternary nitrogens is 1. The van der Waals surface area contributed by atoms with Crippen molar-refractivity contribution in [2.45, 2.75) is 25.4 Å². The quantitative estimate of drug-likeness (QED) is 0.643. The highest BCUT2D eigenvalue weighted by molar-refractivity contribution is 5.41. The van der Waals surface area contributed by atoms with Crippen molar-refractivity contribution in [3.8, 4) is 11.5 Å². The molecular formula is C18H20BrNO2. The van der Waals surface area contributed by atoms with Crippen molar-refractivity contribution in [3.63, 3.8) is 0 Å². The van der Waals surface area contributed by atoms with Crippen molar-refractivity contribution >= 4 is 0 Å². The van der Waals surface area contributed by atoms with Crippen LogP contribution in [0.5, 0.6) is 11.5 Å². The molecular weight excluding hydrogens is 342 g/mol. The molecule has 3 nitrogen and oxygen atoms in total. The number of rotatable bonds is 0. The first-order valence-electron chi connectivity index (χ1n) is 7.52. The molecule has 0 radical (unpaired) electrons. The van der Waals surface area contributed by atoms with E-state index in [-0.39, 0.29) is 17.0 Å². The molecule has 0 aliphatic carbocycles. The Morgan fingerprint density at radius 2 is 1.64 bits per heavy atom. The van der Waals surface area contributed by atoms with Crippen molar-refractivity contribution in [1.82, 2.24) is 0 Å². The highest BCUT2D eigenvalue weighted by Crippen LogP contribution is 2.43. The average Bonchev–Trinajstić information content (AvgIpc) is 2.45. The summed E-state index contributed by atoms with van der Waals surface area (Å²) in [5.74, 6) is 0.729. The van der Waals surface area contributed by atoms with Crippen molar-refractivity contribution in [2.75, 3.05) is 13.6 Å². The third kappa shape index (κ3) is 2.31. The van der Waals surface area contributed by atoms with Gasteiger partial charge in [0.2, 0.25) is 0 Å². The molecule has 2 N–H and O–H groups in total. The van der Waals surface area contributed by atoms with E-state index in [1.807, 2.05) is 12.1 Å². The molecule has 0 amide bonds. The van der Waals surface area contributed by atoms with Crippen LogP contribution in [-0.2, 0) is 19.4 Å². The van der Waals surface area contributed by atoms with E-state index < -0.39 is 0 Å². The molecule has 2 aromatic carbocycles. The molecule has 0 saturated heterocycles. The minimum Gasteiger partial charge on any atom is -1.00 e. The smallest absolute Gasteiger partial charge is 0.119 e. The Morgan fingerprint density at radius 3 is 2.41 bits per heavy atom. The SMILES string of the molecule is C[N+]12CCc3cc(O)ccc3C1Cc1ccc(O)cc1C2.[Br-]. The van der Waals surface area contributed by atoms with Crippen LogP contribution in [0.3, 0.4) is 0 Å². The highest BCUT2D eigenvalue weighted by Gasteiger charge is 2.42. The fourth-order valence-electron chi connectivity index (χ4n) is 4.08. The topological polar surface area (TPSA) is 40.5 Å². The van der Waals surface area contributed by atoms with Gasteiger partial charge in [-0.15, -0.1) is 0 Å². The van der Waals surface area contributed by atoms with E-state index in [2.05, 4.69) is 19.2 Å². The number of aromatic hydroxyl groups is 2. The fraction of sp³-hybridized carbons (Fsp3) is 0.333. The lowest BCUT2D eigenvalue weighted by atomic mass is 9.82. The number of likely N-dealkylation sites (N-methyl/N-ethyl adjacent to an activating group) is 1. The number of nitrogens with zero attached hydrogens (tertiary/aromatic N) is 1. The molecule has 2 atom stereocenters. The van der Waals surface area contributed by atoms with Gasteiger partial charge >= 0.3 is 0 Å². The summed E-state index contributed by atoms with van der Waals surface area (Å²) in [5, 5.41) is 19.4. The Hall–Kier alpha value is -1.52. The van der Waals surface area contributed by atoms with E-state index in [1.54, 1.807) is 12.1 Å². The Bertz CT molecular complexity index is 731. The van der Waals surface area contributed by atoms with Crippen molar-refractivity contribution in [3.05, 3.63) is 58.7 Å². The number of halogens is 1. The second kappa shape index (κ2) is 5.28. The van der Waals surface area contributed by atoms with Crippen LogP contribution in [0.4, 0.5) is 0 Å². The molecule has 0 fully saturated rings. The minimum absolute atomic E-state index is 0. The predicted octanol–water partition coefficient (Wildman–Crippen LogP) is -0.0981. The molecule has 2 aliphatic heterocycles. The fourth-order valence-corrected chi connectivity index (χ4v) is 4.08. The van der Waals surface area contributed by atoms with Gasteiger partial charge in [-0.3, -0.25) is 0 Å². The zero-order chi connectivity index (χ0) is 14.6. The maximum atomic E-state index is 9.72. The monoisotopic (exact) mass is 361 g/mol. The van der Waals surface area contributed by atoms with Crippen molar-refractivity contribution in [2.24, 2.45) is 0 Å². The number of fused-ring (bicyclic) bond motifs is 4. The number of hydrogen-bond acceptors (Lipinski definition) is 2. The predicted molar refractivity (Wildman–Crippen MR) is 81.1 cm³/mol. The summed E-state index contributed by atoms with van der Waals surface area (Å²) in [4.78, 5) is 0. The number of hydrogen-bond donors (Lipinski definition) is 2. The third-order valence-corrected chi connectivity index (χ3v) is 5.26. The first-order valence-corrected chi connectivity index (χ1v) is 7.52. The maximum Gasteiger partial charge on any atom is 0.119 e. The van der Waals surface area contributed by atoms with Gasteiger partial charge in [-0.05, 0) is 41.5 Å². The molecule has 2 heterocycles. The van der Waals surface area contributed by atoms with Gasteiger partial charge in [0.1, 0.15) is 24.1 Å². The molecule has 0 aromatic heterocycles. The summed E-state index contributed by atoms with van der Waals surface area (Å²) in [7, 11) is 2.31. The Kier molecular flexibility index (Phi) is 3.69. The standard InChI is InChI=1S/C18H19NO2.BrH/c1-19-7-6-13-8-16(21)4-5-17(13)18(19)10-12-2-3-15(20)9-14(12)11-19;/h2-5,8-9,18H,6-7,10-11H2,1H3,(H-,20,21);1H. The molecule has 4 heteroatoms. The van der Waals surface area contributed by atoms with Gasteiger partial charge < -0.3 is 31.7 Å². The molecule has 0 bridgehead atoms. The van der Waals surface area contributed by atoms with E-state index in [0.717, 1.165) is 30.4 Å². The minimum atomic E-state index is 0. The van der Waals surface area contributed by atoms with Crippen molar-refractivity contribution < 1.29 is 31.7 Å². The molecule has 4 rings (SSSR count). The van der Waals surface area contributed by atoms with E-state index in [4.69, 9.17) is 0 Å². The Labute approximate surface area is 141 Å². The highest BCUT2D eigenvalue weighted by atomic mass is 79.9. The lowest BCUT2D eigenvalue weighted by molar-refractivity contribution is -0.956. The number of phenols is 2. The van der Waals surface area contributed by atoms with Gasteiger partial charge in [0.25, 0.3) is 0 Å². The van der Waals surface area contributed by atoms with E-state index in [1.165, 1.54) is 22.3 Å². The molecule has 22 heavy (non-hydrogen) atoms. The zero-order valence-corrected chi connectivity index (χ0v) is 14.2. The zero-order valence-electron chi connectivity index (χ0n) is 12.6. The summed E-state index contributed by atoms with van der Waals surface area (Å²) in [6.07, 6.45) is 2.01. The number of phenolic OH excluding ortho intramolecular Hbond substituents is 2. The molecule has 116 valence electrons. The summed E-state index contributed by atoms with van der Waals surface area (Å²) in [6, 6.07) is 12.0. The van der Waals surface area contributed by atoms with Crippen LogP contribution in [0.15, 0.2) is 36.4 Å².